The molecule has 0 aliphatic carbocycles. The lowest BCUT2D eigenvalue weighted by molar-refractivity contribution is -0.137. The Hall–Kier alpha value is -1.84. The Kier molecular flexibility index (Phi) is 3.97. The molecule has 2 aromatic rings. The highest BCUT2D eigenvalue weighted by Gasteiger charge is 2.01. The van der Waals surface area contributed by atoms with E-state index in [0.29, 0.717) is 0 Å². The Morgan fingerprint density at radius 1 is 1.33 bits per heavy atom. The Balaban J connectivity index is 1.86. The zero-order chi connectivity index (χ0) is 13.0. The van der Waals surface area contributed by atoms with E-state index in [0.717, 1.165) is 42.5 Å². The summed E-state index contributed by atoms with van der Waals surface area (Å²) in [6, 6.07) is 6.26. The summed E-state index contributed by atoms with van der Waals surface area (Å²) in [6.07, 6.45) is 4.03. The summed E-state index contributed by atoms with van der Waals surface area (Å²) in [4.78, 5) is 18.0. The van der Waals surface area contributed by atoms with Gasteiger partial charge in [0.2, 0.25) is 0 Å². The quantitative estimate of drug-likeness (QED) is 0.770. The van der Waals surface area contributed by atoms with Gasteiger partial charge in [0.1, 0.15) is 5.82 Å². The molecule has 0 aliphatic rings. The number of benzene rings is 1. The molecule has 4 nitrogen and oxygen atoms in total. The first-order chi connectivity index (χ1) is 8.65. The van der Waals surface area contributed by atoms with Crippen molar-refractivity contribution in [2.45, 2.75) is 39.0 Å². The molecule has 0 bridgehead atoms. The van der Waals surface area contributed by atoms with Gasteiger partial charge < -0.3 is 10.1 Å². The van der Waals surface area contributed by atoms with Gasteiger partial charge in [0, 0.05) is 6.42 Å². The van der Waals surface area contributed by atoms with Crippen molar-refractivity contribution in [3.63, 3.8) is 0 Å². The summed E-state index contributed by atoms with van der Waals surface area (Å²) in [5, 5.41) is 8.54. The second-order valence-electron chi connectivity index (χ2n) is 4.63. The van der Waals surface area contributed by atoms with Crippen molar-refractivity contribution in [1.82, 2.24) is 9.97 Å². The summed E-state index contributed by atoms with van der Waals surface area (Å²) < 4.78 is 0. The van der Waals surface area contributed by atoms with Gasteiger partial charge in [-0.15, -0.1) is 0 Å². The Morgan fingerprint density at radius 2 is 2.17 bits per heavy atom. The number of aromatic amines is 1. The van der Waals surface area contributed by atoms with Crippen LogP contribution in [0.25, 0.3) is 11.0 Å². The second-order valence-corrected chi connectivity index (χ2v) is 4.63. The van der Waals surface area contributed by atoms with Crippen LogP contribution in [-0.4, -0.2) is 21.0 Å². The molecule has 0 radical (unpaired) electrons. The third-order valence-electron chi connectivity index (χ3n) is 3.02. The van der Waals surface area contributed by atoms with Crippen LogP contribution >= 0.6 is 0 Å². The molecule has 0 fully saturated rings. The Labute approximate surface area is 106 Å². The highest BCUT2D eigenvalue weighted by atomic mass is 16.4. The number of carboxylic acids is 1. The van der Waals surface area contributed by atoms with Crippen LogP contribution in [0.2, 0.25) is 0 Å². The summed E-state index contributed by atoms with van der Waals surface area (Å²) in [7, 11) is 0. The number of aliphatic carboxylic acids is 1. The molecule has 0 unspecified atom stereocenters. The van der Waals surface area contributed by atoms with E-state index < -0.39 is 5.97 Å². The molecule has 0 saturated heterocycles. The van der Waals surface area contributed by atoms with Gasteiger partial charge in [-0.25, -0.2) is 4.98 Å². The van der Waals surface area contributed by atoms with Gasteiger partial charge in [-0.1, -0.05) is 12.5 Å². The van der Waals surface area contributed by atoms with Crippen LogP contribution in [0.15, 0.2) is 18.2 Å². The third-order valence-corrected chi connectivity index (χ3v) is 3.02. The molecular formula is C14H18N2O2. The molecule has 1 heterocycles. The minimum atomic E-state index is -0.704. The smallest absolute Gasteiger partial charge is 0.303 e. The SMILES string of the molecule is Cc1nc2ccc(CCCCCC(=O)O)cc2[nH]1. The van der Waals surface area contributed by atoms with E-state index >= 15 is 0 Å². The minimum Gasteiger partial charge on any atom is -0.481 e. The lowest BCUT2D eigenvalue weighted by atomic mass is 10.1. The number of imidazole rings is 1. The van der Waals surface area contributed by atoms with E-state index in [2.05, 4.69) is 22.1 Å². The number of hydrogen-bond donors (Lipinski definition) is 2. The van der Waals surface area contributed by atoms with Gasteiger partial charge in [-0.05, 0) is 43.9 Å². The van der Waals surface area contributed by atoms with Crippen molar-refractivity contribution in [3.05, 3.63) is 29.6 Å². The van der Waals surface area contributed by atoms with Crippen molar-refractivity contribution in [2.24, 2.45) is 0 Å². The lowest BCUT2D eigenvalue weighted by Gasteiger charge is -2.01. The number of carboxylic acid groups (broad SMARTS) is 1. The lowest BCUT2D eigenvalue weighted by Crippen LogP contribution is -1.94. The summed E-state index contributed by atoms with van der Waals surface area (Å²) in [5.74, 6) is 0.230. The fraction of sp³-hybridized carbons (Fsp3) is 0.429. The fourth-order valence-corrected chi connectivity index (χ4v) is 2.12. The molecule has 18 heavy (non-hydrogen) atoms. The normalized spacial score (nSPS) is 10.9. The molecule has 0 spiro atoms. The zero-order valence-corrected chi connectivity index (χ0v) is 10.6. The van der Waals surface area contributed by atoms with Crippen LogP contribution in [0.3, 0.4) is 0 Å². The van der Waals surface area contributed by atoms with E-state index in [1.54, 1.807) is 0 Å². The standard InChI is InChI=1S/C14H18N2O2/c1-10-15-12-8-7-11(9-13(12)16-10)5-3-2-4-6-14(17)18/h7-9H,2-6H2,1H3,(H,15,16)(H,17,18). The van der Waals surface area contributed by atoms with Gasteiger partial charge >= 0.3 is 5.97 Å². The highest BCUT2D eigenvalue weighted by molar-refractivity contribution is 5.75. The van der Waals surface area contributed by atoms with Crippen molar-refractivity contribution in [2.75, 3.05) is 0 Å². The van der Waals surface area contributed by atoms with E-state index in [1.807, 2.05) is 13.0 Å². The van der Waals surface area contributed by atoms with Gasteiger partial charge in [-0.2, -0.15) is 0 Å². The Bertz CT molecular complexity index is 546. The first-order valence-electron chi connectivity index (χ1n) is 6.32. The number of carbonyl (C=O) groups is 1. The molecule has 4 heteroatoms. The molecule has 1 aromatic heterocycles. The molecule has 0 saturated carbocycles. The summed E-state index contributed by atoms with van der Waals surface area (Å²) >= 11 is 0. The predicted octanol–water partition coefficient (Wildman–Crippen LogP) is 3.06. The number of hydrogen-bond acceptors (Lipinski definition) is 2. The van der Waals surface area contributed by atoms with Crippen molar-refractivity contribution >= 4 is 17.0 Å². The average Bonchev–Trinajstić information content (AvgIpc) is 2.67. The van der Waals surface area contributed by atoms with Gasteiger partial charge in [0.15, 0.2) is 0 Å². The van der Waals surface area contributed by atoms with Gasteiger partial charge in [0.05, 0.1) is 11.0 Å². The maximum Gasteiger partial charge on any atom is 0.303 e. The fourth-order valence-electron chi connectivity index (χ4n) is 2.12. The largest absolute Gasteiger partial charge is 0.481 e. The monoisotopic (exact) mass is 246 g/mol. The predicted molar refractivity (Wildman–Crippen MR) is 70.6 cm³/mol. The zero-order valence-electron chi connectivity index (χ0n) is 10.6. The number of aryl methyl sites for hydroxylation is 2. The van der Waals surface area contributed by atoms with E-state index in [-0.39, 0.29) is 6.42 Å². The van der Waals surface area contributed by atoms with Crippen LogP contribution < -0.4 is 0 Å². The third kappa shape index (κ3) is 3.32. The number of rotatable bonds is 6. The van der Waals surface area contributed by atoms with E-state index in [9.17, 15) is 4.79 Å². The van der Waals surface area contributed by atoms with Crippen LogP contribution in [0.4, 0.5) is 0 Å². The number of aromatic nitrogens is 2. The number of H-pyrrole nitrogens is 1. The van der Waals surface area contributed by atoms with Crippen LogP contribution in [0.1, 0.15) is 37.1 Å². The summed E-state index contributed by atoms with van der Waals surface area (Å²) in [6.45, 7) is 1.95. The van der Waals surface area contributed by atoms with E-state index in [4.69, 9.17) is 5.11 Å². The van der Waals surface area contributed by atoms with E-state index in [1.165, 1.54) is 5.56 Å². The Morgan fingerprint density at radius 3 is 2.94 bits per heavy atom. The van der Waals surface area contributed by atoms with Crippen LogP contribution in [0, 0.1) is 6.92 Å². The van der Waals surface area contributed by atoms with Crippen molar-refractivity contribution < 1.29 is 9.90 Å². The molecule has 96 valence electrons. The molecule has 2 rings (SSSR count). The maximum atomic E-state index is 10.4. The van der Waals surface area contributed by atoms with Gasteiger partial charge in [-0.3, -0.25) is 4.79 Å². The molecule has 1 aromatic carbocycles. The average molecular weight is 246 g/mol. The van der Waals surface area contributed by atoms with Crippen molar-refractivity contribution in [1.29, 1.82) is 0 Å². The molecular weight excluding hydrogens is 228 g/mol. The maximum absolute atomic E-state index is 10.4. The topological polar surface area (TPSA) is 66.0 Å². The first kappa shape index (κ1) is 12.6. The van der Waals surface area contributed by atoms with Crippen LogP contribution in [0.5, 0.6) is 0 Å². The number of fused-ring (bicyclic) bond motifs is 1. The van der Waals surface area contributed by atoms with Gasteiger partial charge in [0.25, 0.3) is 0 Å². The minimum absolute atomic E-state index is 0.277. The van der Waals surface area contributed by atoms with Crippen LogP contribution in [-0.2, 0) is 11.2 Å². The molecule has 0 amide bonds. The highest BCUT2D eigenvalue weighted by Crippen LogP contribution is 2.15. The second kappa shape index (κ2) is 5.67. The number of nitrogens with one attached hydrogen (secondary N) is 1. The molecule has 0 aliphatic heterocycles. The number of nitrogens with zero attached hydrogens (tertiary/aromatic N) is 1. The van der Waals surface area contributed by atoms with Crippen molar-refractivity contribution in [3.8, 4) is 0 Å². The number of unbranched alkanes of at least 4 members (excludes halogenated alkanes) is 2. The summed E-state index contributed by atoms with van der Waals surface area (Å²) in [5.41, 5.74) is 3.36. The first-order valence-corrected chi connectivity index (χ1v) is 6.32. The molecule has 0 atom stereocenters. The molecule has 2 N–H and O–H groups in total.